The molecule has 1 N–H and O–H groups in total. The van der Waals surface area contributed by atoms with Crippen LogP contribution in [0, 0.1) is 0 Å². The number of barbiturate groups is 1. The van der Waals surface area contributed by atoms with Crippen LogP contribution in [-0.2, 0) is 9.59 Å². The number of carbonyl (C=O) groups is 3. The lowest BCUT2D eigenvalue weighted by atomic mass is 9.76. The highest BCUT2D eigenvalue weighted by molar-refractivity contribution is 6.39. The molecule has 1 saturated heterocycles. The van der Waals surface area contributed by atoms with E-state index < -0.39 is 17.8 Å². The van der Waals surface area contributed by atoms with Crippen molar-refractivity contribution in [2.75, 3.05) is 29.5 Å². The number of benzene rings is 4. The molecule has 7 heteroatoms. The molecule has 0 bridgehead atoms. The van der Waals surface area contributed by atoms with Crippen LogP contribution in [0.5, 0.6) is 5.75 Å². The average molecular weight is 584 g/mol. The number of nitrogens with zero attached hydrogens (tertiary/aromatic N) is 2. The van der Waals surface area contributed by atoms with E-state index in [1.54, 1.807) is 24.3 Å². The third-order valence-electron chi connectivity index (χ3n) is 8.86. The summed E-state index contributed by atoms with van der Waals surface area (Å²) in [6.45, 7) is 4.32. The van der Waals surface area contributed by atoms with E-state index in [1.807, 2.05) is 31.2 Å². The van der Waals surface area contributed by atoms with E-state index >= 15 is 0 Å². The second kappa shape index (κ2) is 11.5. The first-order valence-electron chi connectivity index (χ1n) is 15.2. The Labute approximate surface area is 256 Å². The van der Waals surface area contributed by atoms with Crippen LogP contribution in [0.25, 0.3) is 6.08 Å². The quantitative estimate of drug-likeness (QED) is 0.204. The van der Waals surface area contributed by atoms with Crippen LogP contribution in [0.4, 0.5) is 16.2 Å². The second-order valence-corrected chi connectivity index (χ2v) is 11.4. The molecule has 3 aliphatic rings. The first-order valence-corrected chi connectivity index (χ1v) is 15.2. The minimum atomic E-state index is -0.744. The number of urea groups is 1. The summed E-state index contributed by atoms with van der Waals surface area (Å²) in [6.07, 6.45) is 3.38. The molecular formula is C37H33N3O4. The van der Waals surface area contributed by atoms with E-state index in [4.69, 9.17) is 4.74 Å². The summed E-state index contributed by atoms with van der Waals surface area (Å²) in [5.41, 5.74) is 6.84. The Morgan fingerprint density at radius 3 is 1.91 bits per heavy atom. The molecule has 2 atom stereocenters. The summed E-state index contributed by atoms with van der Waals surface area (Å²) < 4.78 is 5.52. The molecule has 0 aliphatic carbocycles. The maximum Gasteiger partial charge on any atom is 0.335 e. The molecule has 0 spiro atoms. The van der Waals surface area contributed by atoms with Gasteiger partial charge in [0, 0.05) is 30.6 Å². The van der Waals surface area contributed by atoms with Gasteiger partial charge in [-0.1, -0.05) is 72.8 Å². The van der Waals surface area contributed by atoms with Gasteiger partial charge in [0.1, 0.15) is 11.3 Å². The number of amides is 4. The van der Waals surface area contributed by atoms with Gasteiger partial charge in [-0.25, -0.2) is 9.69 Å². The normalized spacial score (nSPS) is 20.4. The number of anilines is 2. The molecule has 4 amide bonds. The molecule has 44 heavy (non-hydrogen) atoms. The van der Waals surface area contributed by atoms with Crippen molar-refractivity contribution in [2.45, 2.75) is 31.6 Å². The van der Waals surface area contributed by atoms with Crippen molar-refractivity contribution in [3.05, 3.63) is 130 Å². The lowest BCUT2D eigenvalue weighted by molar-refractivity contribution is -0.122. The van der Waals surface area contributed by atoms with Crippen LogP contribution < -0.4 is 19.9 Å². The lowest BCUT2D eigenvalue weighted by Gasteiger charge is -2.44. The van der Waals surface area contributed by atoms with Gasteiger partial charge in [-0.05, 0) is 77.9 Å². The number of hydrogen-bond acceptors (Lipinski definition) is 5. The van der Waals surface area contributed by atoms with Gasteiger partial charge in [-0.15, -0.1) is 0 Å². The van der Waals surface area contributed by atoms with Crippen LogP contribution in [0.15, 0.2) is 103 Å². The maximum atomic E-state index is 14.0. The summed E-state index contributed by atoms with van der Waals surface area (Å²) in [5.74, 6) is -0.433. The lowest BCUT2D eigenvalue weighted by Crippen LogP contribution is -2.54. The van der Waals surface area contributed by atoms with Crippen molar-refractivity contribution in [1.29, 1.82) is 0 Å². The second-order valence-electron chi connectivity index (χ2n) is 11.4. The minimum Gasteiger partial charge on any atom is -0.494 e. The highest BCUT2D eigenvalue weighted by Gasteiger charge is 2.40. The monoisotopic (exact) mass is 583 g/mol. The number of carbonyl (C=O) groups excluding carboxylic acids is 3. The van der Waals surface area contributed by atoms with Crippen LogP contribution in [0.3, 0.4) is 0 Å². The minimum absolute atomic E-state index is 0.0963. The summed E-state index contributed by atoms with van der Waals surface area (Å²) in [4.78, 5) is 43.9. The van der Waals surface area contributed by atoms with Crippen LogP contribution in [-0.4, -0.2) is 37.5 Å². The summed E-state index contributed by atoms with van der Waals surface area (Å²) >= 11 is 0. The van der Waals surface area contributed by atoms with Gasteiger partial charge in [0.25, 0.3) is 11.8 Å². The predicted octanol–water partition coefficient (Wildman–Crippen LogP) is 6.63. The van der Waals surface area contributed by atoms with Crippen molar-refractivity contribution in [1.82, 2.24) is 5.32 Å². The largest absolute Gasteiger partial charge is 0.494 e. The average Bonchev–Trinajstić information content (AvgIpc) is 3.05. The molecule has 4 aromatic carbocycles. The van der Waals surface area contributed by atoms with E-state index in [1.165, 1.54) is 22.9 Å². The molecule has 7 rings (SSSR count). The van der Waals surface area contributed by atoms with E-state index in [-0.39, 0.29) is 17.4 Å². The van der Waals surface area contributed by atoms with Gasteiger partial charge in [0.05, 0.1) is 12.3 Å². The molecule has 0 saturated carbocycles. The van der Waals surface area contributed by atoms with E-state index in [0.29, 0.717) is 23.6 Å². The van der Waals surface area contributed by atoms with Crippen molar-refractivity contribution >= 4 is 35.3 Å². The standard InChI is InChI=1S/C37H33N3O4/c1-2-44-28-15-13-24(14-16-28)21-33-35(41)38-37(43)40(36(33)42)27-22-31-29(25-9-5-3-6-10-25)17-19-39-20-18-30(32(23-27)34(31)39)26-11-7-4-8-12-26/h3-16,21-23,29-30H,2,17-20H2,1H3,(H,38,41,43)/b33-21+/t29-,30-/m1/s1. The molecule has 3 heterocycles. The Hall–Kier alpha value is -5.17. The third-order valence-corrected chi connectivity index (χ3v) is 8.86. The van der Waals surface area contributed by atoms with Gasteiger partial charge in [0.15, 0.2) is 0 Å². The first-order chi connectivity index (χ1) is 21.5. The number of ether oxygens (including phenoxy) is 1. The van der Waals surface area contributed by atoms with E-state index in [0.717, 1.165) is 42.0 Å². The highest BCUT2D eigenvalue weighted by atomic mass is 16.5. The number of hydrogen-bond donors (Lipinski definition) is 1. The molecule has 220 valence electrons. The highest BCUT2D eigenvalue weighted by Crippen LogP contribution is 2.50. The van der Waals surface area contributed by atoms with Gasteiger partial charge >= 0.3 is 6.03 Å². The van der Waals surface area contributed by atoms with Crippen molar-refractivity contribution < 1.29 is 19.1 Å². The summed E-state index contributed by atoms with van der Waals surface area (Å²) in [5, 5.41) is 2.41. The van der Waals surface area contributed by atoms with E-state index in [9.17, 15) is 14.4 Å². The zero-order valence-corrected chi connectivity index (χ0v) is 24.5. The number of rotatable bonds is 6. The first kappa shape index (κ1) is 27.7. The molecule has 4 aromatic rings. The van der Waals surface area contributed by atoms with Crippen LogP contribution >= 0.6 is 0 Å². The smallest absolute Gasteiger partial charge is 0.335 e. The Bertz CT molecular complexity index is 1690. The maximum absolute atomic E-state index is 14.0. The predicted molar refractivity (Wildman–Crippen MR) is 171 cm³/mol. The Morgan fingerprint density at radius 2 is 1.36 bits per heavy atom. The molecule has 0 unspecified atom stereocenters. The summed E-state index contributed by atoms with van der Waals surface area (Å²) in [7, 11) is 0. The van der Waals surface area contributed by atoms with Crippen molar-refractivity contribution in [2.24, 2.45) is 0 Å². The molecule has 0 aromatic heterocycles. The van der Waals surface area contributed by atoms with Crippen molar-refractivity contribution in [3.8, 4) is 5.75 Å². The fraction of sp³-hybridized carbons (Fsp3) is 0.216. The third kappa shape index (κ3) is 4.94. The summed E-state index contributed by atoms with van der Waals surface area (Å²) in [6, 6.07) is 31.2. The van der Waals surface area contributed by atoms with Gasteiger partial charge in [-0.2, -0.15) is 0 Å². The zero-order valence-electron chi connectivity index (χ0n) is 24.5. The number of imide groups is 2. The topological polar surface area (TPSA) is 79.0 Å². The Morgan fingerprint density at radius 1 is 0.795 bits per heavy atom. The SMILES string of the molecule is CCOc1ccc(/C=C2\C(=O)NC(=O)N(c3cc4c5c(c3)[C@@H](c3ccccc3)CCN5CC[C@@H]4c3ccccc3)C2=O)cc1. The molecule has 3 aliphatic heterocycles. The fourth-order valence-electron chi connectivity index (χ4n) is 6.85. The van der Waals surface area contributed by atoms with Gasteiger partial charge in [-0.3, -0.25) is 14.9 Å². The molecule has 1 fully saturated rings. The zero-order chi connectivity index (χ0) is 30.2. The van der Waals surface area contributed by atoms with E-state index in [2.05, 4.69) is 58.7 Å². The van der Waals surface area contributed by atoms with Gasteiger partial charge in [0.2, 0.25) is 0 Å². The molecular weight excluding hydrogens is 550 g/mol. The van der Waals surface area contributed by atoms with Crippen LogP contribution in [0.2, 0.25) is 0 Å². The molecule has 0 radical (unpaired) electrons. The Kier molecular flexibility index (Phi) is 7.22. The Balaban J connectivity index is 1.36. The van der Waals surface area contributed by atoms with Crippen molar-refractivity contribution in [3.63, 3.8) is 0 Å². The fourth-order valence-corrected chi connectivity index (χ4v) is 6.85. The molecule has 7 nitrogen and oxygen atoms in total. The van der Waals surface area contributed by atoms with Crippen LogP contribution in [0.1, 0.15) is 59.4 Å². The number of nitrogens with one attached hydrogen (secondary N) is 1. The van der Waals surface area contributed by atoms with Gasteiger partial charge < -0.3 is 9.64 Å².